The fourth-order valence-electron chi connectivity index (χ4n) is 3.64. The SMILES string of the molecule is CCc1cccc(Nc2ncnn3ccc(CN4CC[C@@H](N)[C@H](O)C4)c23)c1. The van der Waals surface area contributed by atoms with E-state index in [0.717, 1.165) is 48.5 Å². The molecule has 0 spiro atoms. The molecule has 0 bridgehead atoms. The van der Waals surface area contributed by atoms with Gasteiger partial charge in [0.05, 0.1) is 6.10 Å². The maximum atomic E-state index is 10.1. The van der Waals surface area contributed by atoms with Crippen molar-refractivity contribution in [2.24, 2.45) is 5.73 Å². The van der Waals surface area contributed by atoms with Crippen LogP contribution in [0.3, 0.4) is 0 Å². The van der Waals surface area contributed by atoms with Gasteiger partial charge in [0, 0.05) is 37.6 Å². The summed E-state index contributed by atoms with van der Waals surface area (Å²) in [6.07, 6.45) is 4.83. The Morgan fingerprint density at radius 3 is 3.04 bits per heavy atom. The van der Waals surface area contributed by atoms with Gasteiger partial charge in [-0.05, 0) is 42.2 Å². The molecule has 0 aliphatic carbocycles. The normalized spacial score (nSPS) is 20.9. The van der Waals surface area contributed by atoms with E-state index in [2.05, 4.69) is 51.5 Å². The second-order valence-corrected chi connectivity index (χ2v) is 7.18. The third kappa shape index (κ3) is 3.80. The summed E-state index contributed by atoms with van der Waals surface area (Å²) >= 11 is 0. The molecular weight excluding hydrogens is 340 g/mol. The molecule has 1 aliphatic rings. The van der Waals surface area contributed by atoms with Crippen molar-refractivity contribution in [3.8, 4) is 0 Å². The highest BCUT2D eigenvalue weighted by Gasteiger charge is 2.25. The number of rotatable bonds is 5. The van der Waals surface area contributed by atoms with Gasteiger partial charge < -0.3 is 16.2 Å². The Balaban J connectivity index is 1.61. The standard InChI is InChI=1S/C20H26N6O/c1-2-14-4-3-5-16(10-14)24-20-19-15(6-9-26(19)23-13-22-20)11-25-8-7-17(21)18(27)12-25/h3-6,9-10,13,17-18,27H,2,7-8,11-12,21H2,1H3,(H,22,23,24)/t17-,18-/m1/s1. The summed E-state index contributed by atoms with van der Waals surface area (Å²) in [5.41, 5.74) is 10.3. The second-order valence-electron chi connectivity index (χ2n) is 7.18. The van der Waals surface area contributed by atoms with Gasteiger partial charge in [-0.3, -0.25) is 4.90 Å². The number of nitrogens with two attached hydrogens (primary N) is 1. The molecule has 7 heteroatoms. The molecule has 0 amide bonds. The molecule has 142 valence electrons. The number of benzene rings is 1. The Kier molecular flexibility index (Phi) is 5.07. The first-order valence-corrected chi connectivity index (χ1v) is 9.47. The molecule has 0 radical (unpaired) electrons. The minimum Gasteiger partial charge on any atom is -0.390 e. The fraction of sp³-hybridized carbons (Fsp3) is 0.400. The van der Waals surface area contributed by atoms with E-state index in [0.29, 0.717) is 6.54 Å². The molecule has 4 N–H and O–H groups in total. The van der Waals surface area contributed by atoms with Crippen molar-refractivity contribution < 1.29 is 5.11 Å². The third-order valence-corrected chi connectivity index (χ3v) is 5.25. The van der Waals surface area contributed by atoms with E-state index in [-0.39, 0.29) is 6.04 Å². The Morgan fingerprint density at radius 2 is 2.22 bits per heavy atom. The zero-order valence-corrected chi connectivity index (χ0v) is 15.5. The minimum absolute atomic E-state index is 0.126. The van der Waals surface area contributed by atoms with Gasteiger partial charge >= 0.3 is 0 Å². The van der Waals surface area contributed by atoms with Gasteiger partial charge in [-0.15, -0.1) is 0 Å². The summed E-state index contributed by atoms with van der Waals surface area (Å²) in [6.45, 7) is 4.35. The summed E-state index contributed by atoms with van der Waals surface area (Å²) < 4.78 is 1.85. The summed E-state index contributed by atoms with van der Waals surface area (Å²) in [6, 6.07) is 10.3. The van der Waals surface area contributed by atoms with E-state index in [1.54, 1.807) is 6.33 Å². The van der Waals surface area contributed by atoms with Crippen LogP contribution in [0.4, 0.5) is 11.5 Å². The van der Waals surface area contributed by atoms with Crippen LogP contribution in [0.1, 0.15) is 24.5 Å². The highest BCUT2D eigenvalue weighted by Crippen LogP contribution is 2.25. The smallest absolute Gasteiger partial charge is 0.158 e. The molecule has 2 atom stereocenters. The van der Waals surface area contributed by atoms with Gasteiger partial charge in [-0.2, -0.15) is 5.10 Å². The van der Waals surface area contributed by atoms with Crippen LogP contribution in [0.5, 0.6) is 0 Å². The van der Waals surface area contributed by atoms with E-state index in [4.69, 9.17) is 5.73 Å². The summed E-state index contributed by atoms with van der Waals surface area (Å²) in [5.74, 6) is 0.785. The van der Waals surface area contributed by atoms with Crippen LogP contribution < -0.4 is 11.1 Å². The number of aryl methyl sites for hydroxylation is 1. The number of hydrogen-bond donors (Lipinski definition) is 3. The lowest BCUT2D eigenvalue weighted by Gasteiger charge is -2.33. The molecule has 1 aliphatic heterocycles. The number of likely N-dealkylation sites (tertiary alicyclic amines) is 1. The molecular formula is C20H26N6O. The highest BCUT2D eigenvalue weighted by molar-refractivity contribution is 5.76. The number of fused-ring (bicyclic) bond motifs is 1. The van der Waals surface area contributed by atoms with Crippen LogP contribution >= 0.6 is 0 Å². The molecule has 3 aromatic rings. The van der Waals surface area contributed by atoms with Crippen LogP contribution in [0.15, 0.2) is 42.9 Å². The molecule has 4 rings (SSSR count). The van der Waals surface area contributed by atoms with Gasteiger partial charge in [0.1, 0.15) is 11.8 Å². The van der Waals surface area contributed by atoms with Crippen molar-refractivity contribution >= 4 is 17.0 Å². The largest absolute Gasteiger partial charge is 0.390 e. The van der Waals surface area contributed by atoms with Crippen molar-refractivity contribution in [1.82, 2.24) is 19.5 Å². The maximum Gasteiger partial charge on any atom is 0.158 e. The topological polar surface area (TPSA) is 91.7 Å². The number of aliphatic hydroxyl groups excluding tert-OH is 1. The first-order chi connectivity index (χ1) is 13.1. The highest BCUT2D eigenvalue weighted by atomic mass is 16.3. The third-order valence-electron chi connectivity index (χ3n) is 5.25. The summed E-state index contributed by atoms with van der Waals surface area (Å²) in [7, 11) is 0. The lowest BCUT2D eigenvalue weighted by molar-refractivity contribution is 0.0501. The van der Waals surface area contributed by atoms with E-state index in [1.807, 2.05) is 16.8 Å². The first kappa shape index (κ1) is 17.9. The number of anilines is 2. The van der Waals surface area contributed by atoms with Crippen LogP contribution in [-0.4, -0.2) is 49.8 Å². The summed E-state index contributed by atoms with van der Waals surface area (Å²) in [4.78, 5) is 6.71. The zero-order valence-electron chi connectivity index (χ0n) is 15.5. The molecule has 0 unspecified atom stereocenters. The number of aliphatic hydroxyl groups is 1. The van der Waals surface area contributed by atoms with Crippen LogP contribution in [0.2, 0.25) is 0 Å². The molecule has 1 aromatic carbocycles. The molecule has 1 fully saturated rings. The first-order valence-electron chi connectivity index (χ1n) is 9.47. The van der Waals surface area contributed by atoms with Crippen molar-refractivity contribution in [1.29, 1.82) is 0 Å². The average Bonchev–Trinajstić information content (AvgIpc) is 3.09. The minimum atomic E-state index is -0.474. The number of β-amino-alcohol motifs (C(OH)–C–C–N with tert-alkyl or cyclic N) is 1. The Hall–Kier alpha value is -2.48. The lowest BCUT2D eigenvalue weighted by Crippen LogP contribution is -2.50. The van der Waals surface area contributed by atoms with Crippen LogP contribution in [0, 0.1) is 0 Å². The Labute approximate surface area is 158 Å². The predicted octanol–water partition coefficient (Wildman–Crippen LogP) is 1.93. The monoisotopic (exact) mass is 366 g/mol. The van der Waals surface area contributed by atoms with Crippen LogP contribution in [-0.2, 0) is 13.0 Å². The number of nitrogens with zero attached hydrogens (tertiary/aromatic N) is 4. The van der Waals surface area contributed by atoms with E-state index in [1.165, 1.54) is 5.56 Å². The molecule has 27 heavy (non-hydrogen) atoms. The van der Waals surface area contributed by atoms with E-state index >= 15 is 0 Å². The second kappa shape index (κ2) is 7.64. The zero-order chi connectivity index (χ0) is 18.8. The van der Waals surface area contributed by atoms with E-state index < -0.39 is 6.10 Å². The number of piperidine rings is 1. The molecule has 0 saturated carbocycles. The molecule has 7 nitrogen and oxygen atoms in total. The van der Waals surface area contributed by atoms with Crippen LogP contribution in [0.25, 0.3) is 5.52 Å². The van der Waals surface area contributed by atoms with Crippen molar-refractivity contribution in [2.75, 3.05) is 18.4 Å². The quantitative estimate of drug-likeness (QED) is 0.639. The van der Waals surface area contributed by atoms with E-state index in [9.17, 15) is 5.11 Å². The van der Waals surface area contributed by atoms with Gasteiger partial charge in [0.15, 0.2) is 5.82 Å². The maximum absolute atomic E-state index is 10.1. The van der Waals surface area contributed by atoms with Gasteiger partial charge in [-0.1, -0.05) is 19.1 Å². The van der Waals surface area contributed by atoms with Gasteiger partial charge in [0.2, 0.25) is 0 Å². The Morgan fingerprint density at radius 1 is 1.33 bits per heavy atom. The predicted molar refractivity (Wildman–Crippen MR) is 106 cm³/mol. The number of aromatic nitrogens is 3. The number of hydrogen-bond acceptors (Lipinski definition) is 6. The fourth-order valence-corrected chi connectivity index (χ4v) is 3.64. The molecule has 1 saturated heterocycles. The molecule has 3 heterocycles. The van der Waals surface area contributed by atoms with Crippen molar-refractivity contribution in [3.05, 3.63) is 54.0 Å². The summed E-state index contributed by atoms with van der Waals surface area (Å²) in [5, 5.41) is 17.9. The lowest BCUT2D eigenvalue weighted by atomic mass is 10.0. The van der Waals surface area contributed by atoms with Crippen molar-refractivity contribution in [2.45, 2.75) is 38.5 Å². The van der Waals surface area contributed by atoms with Gasteiger partial charge in [-0.25, -0.2) is 9.50 Å². The average molecular weight is 366 g/mol. The molecule has 2 aromatic heterocycles. The Bertz CT molecular complexity index is 924. The van der Waals surface area contributed by atoms with Crippen molar-refractivity contribution in [3.63, 3.8) is 0 Å². The van der Waals surface area contributed by atoms with Gasteiger partial charge in [0.25, 0.3) is 0 Å². The number of nitrogens with one attached hydrogen (secondary N) is 1.